The SMILES string of the molecule is C[Si]1(C)c2ccccc2Sc2c(N(c3ccc(-c4ccc(-c5ccccc5)cc4)cc3)c3cccc4c3Sc3ccccc3S4)cccc21. The summed E-state index contributed by atoms with van der Waals surface area (Å²) in [7, 11) is -1.93. The Kier molecular flexibility index (Phi) is 7.81. The quantitative estimate of drug-likeness (QED) is 0.164. The standard InChI is InChI=1S/C44H33NS3Si/c1-49(2)41-20-9-8-18-39(41)48-44-36(15-11-21-42(44)49)45(35-14-10-19-40-43(35)47-38-17-7-6-16-37(38)46-40)34-28-26-33(27-29-34)32-24-22-31(23-25-32)30-12-4-3-5-13-30/h3-29H,1-2H3. The molecule has 0 saturated heterocycles. The number of benzene rings is 7. The Morgan fingerprint density at radius 2 is 0.837 bits per heavy atom. The molecule has 0 fully saturated rings. The molecule has 0 saturated carbocycles. The molecule has 0 radical (unpaired) electrons. The van der Waals surface area contributed by atoms with Gasteiger partial charge in [0.05, 0.1) is 16.3 Å². The lowest BCUT2D eigenvalue weighted by Gasteiger charge is -2.37. The number of anilines is 3. The first kappa shape index (κ1) is 30.6. The van der Waals surface area contributed by atoms with Gasteiger partial charge in [-0.2, -0.15) is 0 Å². The van der Waals surface area contributed by atoms with Gasteiger partial charge in [0.2, 0.25) is 0 Å². The average molecular weight is 700 g/mol. The second kappa shape index (κ2) is 12.5. The largest absolute Gasteiger partial charge is 0.308 e. The van der Waals surface area contributed by atoms with Crippen LogP contribution in [0.4, 0.5) is 17.1 Å². The maximum Gasteiger partial charge on any atom is 0.115 e. The molecule has 0 bridgehead atoms. The van der Waals surface area contributed by atoms with Crippen molar-refractivity contribution in [3.63, 3.8) is 0 Å². The molecule has 0 aliphatic carbocycles. The van der Waals surface area contributed by atoms with E-state index in [0.717, 1.165) is 5.69 Å². The first-order valence-electron chi connectivity index (χ1n) is 16.6. The number of hydrogen-bond donors (Lipinski definition) is 0. The van der Waals surface area contributed by atoms with Gasteiger partial charge in [0.25, 0.3) is 0 Å². The number of fused-ring (bicyclic) bond motifs is 4. The van der Waals surface area contributed by atoms with Crippen LogP contribution in [0.15, 0.2) is 193 Å². The number of rotatable bonds is 5. The monoisotopic (exact) mass is 699 g/mol. The number of nitrogens with zero attached hydrogens (tertiary/aromatic N) is 1. The predicted octanol–water partition coefficient (Wildman–Crippen LogP) is 12.4. The van der Waals surface area contributed by atoms with E-state index < -0.39 is 8.07 Å². The number of hydrogen-bond acceptors (Lipinski definition) is 4. The summed E-state index contributed by atoms with van der Waals surface area (Å²) < 4.78 is 0. The highest BCUT2D eigenvalue weighted by Crippen LogP contribution is 2.55. The van der Waals surface area contributed by atoms with Gasteiger partial charge in [-0.1, -0.05) is 164 Å². The van der Waals surface area contributed by atoms with E-state index in [0.29, 0.717) is 0 Å². The van der Waals surface area contributed by atoms with Crippen molar-refractivity contribution in [2.45, 2.75) is 42.5 Å². The van der Waals surface area contributed by atoms with E-state index in [-0.39, 0.29) is 0 Å². The zero-order valence-corrected chi connectivity index (χ0v) is 30.7. The normalized spacial score (nSPS) is 13.8. The Morgan fingerprint density at radius 1 is 0.367 bits per heavy atom. The molecule has 0 N–H and O–H groups in total. The highest BCUT2D eigenvalue weighted by atomic mass is 32.2. The summed E-state index contributed by atoms with van der Waals surface area (Å²) in [6, 6.07) is 60.3. The lowest BCUT2D eigenvalue weighted by Crippen LogP contribution is -2.56. The molecule has 0 atom stereocenters. The van der Waals surface area contributed by atoms with Crippen LogP contribution >= 0.6 is 35.3 Å². The van der Waals surface area contributed by atoms with Crippen LogP contribution in [0, 0.1) is 0 Å². The van der Waals surface area contributed by atoms with E-state index in [4.69, 9.17) is 0 Å². The van der Waals surface area contributed by atoms with Crippen molar-refractivity contribution in [3.05, 3.63) is 164 Å². The summed E-state index contributed by atoms with van der Waals surface area (Å²) in [5.74, 6) is 0. The fraction of sp³-hybridized carbons (Fsp3) is 0.0455. The Balaban J connectivity index is 1.17. The van der Waals surface area contributed by atoms with Gasteiger partial charge in [0.15, 0.2) is 0 Å². The maximum atomic E-state index is 2.52. The predicted molar refractivity (Wildman–Crippen MR) is 214 cm³/mol. The summed E-state index contributed by atoms with van der Waals surface area (Å²) in [5, 5.41) is 3.03. The second-order valence-electron chi connectivity index (χ2n) is 13.0. The summed E-state index contributed by atoms with van der Waals surface area (Å²) in [4.78, 5) is 10.5. The van der Waals surface area contributed by atoms with E-state index in [1.807, 2.05) is 35.3 Å². The molecule has 0 spiro atoms. The molecular weight excluding hydrogens is 667 g/mol. The molecular formula is C44H33NS3Si. The van der Waals surface area contributed by atoms with E-state index in [2.05, 4.69) is 182 Å². The summed E-state index contributed by atoms with van der Waals surface area (Å²) in [6.45, 7) is 5.01. The van der Waals surface area contributed by atoms with Crippen molar-refractivity contribution < 1.29 is 0 Å². The minimum absolute atomic E-state index is 1.16. The van der Waals surface area contributed by atoms with Crippen molar-refractivity contribution in [2.24, 2.45) is 0 Å². The molecule has 5 heteroatoms. The smallest absolute Gasteiger partial charge is 0.115 e. The Hall–Kier alpha value is -4.39. The van der Waals surface area contributed by atoms with Crippen molar-refractivity contribution in [1.82, 2.24) is 0 Å². The van der Waals surface area contributed by atoms with E-state index in [1.54, 1.807) is 0 Å². The van der Waals surface area contributed by atoms with Gasteiger partial charge < -0.3 is 4.90 Å². The fourth-order valence-corrected chi connectivity index (χ4v) is 14.9. The summed E-state index contributed by atoms with van der Waals surface area (Å²) in [5.41, 5.74) is 8.53. The van der Waals surface area contributed by atoms with Crippen LogP contribution in [-0.2, 0) is 0 Å². The summed E-state index contributed by atoms with van der Waals surface area (Å²) in [6.07, 6.45) is 0. The Labute approximate surface area is 302 Å². The third-order valence-electron chi connectivity index (χ3n) is 9.61. The molecule has 236 valence electrons. The van der Waals surface area contributed by atoms with E-state index >= 15 is 0 Å². The Bertz CT molecular complexity index is 2330. The van der Waals surface area contributed by atoms with Crippen molar-refractivity contribution in [3.8, 4) is 22.3 Å². The first-order valence-corrected chi connectivity index (χ1v) is 22.0. The molecule has 49 heavy (non-hydrogen) atoms. The molecule has 1 nitrogen and oxygen atoms in total. The molecule has 0 amide bonds. The van der Waals surface area contributed by atoms with Crippen molar-refractivity contribution >= 4 is 70.8 Å². The highest BCUT2D eigenvalue weighted by molar-refractivity contribution is 8.05. The van der Waals surface area contributed by atoms with Crippen LogP contribution in [0.5, 0.6) is 0 Å². The van der Waals surface area contributed by atoms with E-state index in [1.165, 1.54) is 73.4 Å². The third kappa shape index (κ3) is 5.46. The molecule has 2 aliphatic heterocycles. The summed E-state index contributed by atoms with van der Waals surface area (Å²) >= 11 is 5.70. The van der Waals surface area contributed by atoms with Gasteiger partial charge in [0, 0.05) is 30.2 Å². The van der Waals surface area contributed by atoms with Crippen molar-refractivity contribution in [2.75, 3.05) is 4.90 Å². The van der Waals surface area contributed by atoms with Crippen LogP contribution < -0.4 is 15.3 Å². The molecule has 0 aromatic heterocycles. The molecule has 7 aromatic carbocycles. The molecule has 2 aliphatic rings. The molecule has 9 rings (SSSR count). The van der Waals surface area contributed by atoms with Crippen LogP contribution in [0.1, 0.15) is 0 Å². The topological polar surface area (TPSA) is 3.24 Å². The van der Waals surface area contributed by atoms with Gasteiger partial charge >= 0.3 is 0 Å². The first-order chi connectivity index (χ1) is 24.0. The van der Waals surface area contributed by atoms with E-state index in [9.17, 15) is 0 Å². The molecule has 2 heterocycles. The van der Waals surface area contributed by atoms with Crippen LogP contribution in [0.25, 0.3) is 22.3 Å². The van der Waals surface area contributed by atoms with Gasteiger partial charge in [-0.3, -0.25) is 0 Å². The second-order valence-corrected chi connectivity index (χ2v) is 20.5. The van der Waals surface area contributed by atoms with Crippen LogP contribution in [0.2, 0.25) is 13.1 Å². The lowest BCUT2D eigenvalue weighted by atomic mass is 10.00. The zero-order chi connectivity index (χ0) is 33.0. The lowest BCUT2D eigenvalue weighted by molar-refractivity contribution is 1.11. The highest BCUT2D eigenvalue weighted by Gasteiger charge is 2.37. The van der Waals surface area contributed by atoms with Gasteiger partial charge in [-0.25, -0.2) is 0 Å². The minimum atomic E-state index is -1.93. The maximum absolute atomic E-state index is 2.52. The third-order valence-corrected chi connectivity index (χ3v) is 17.3. The molecule has 0 unspecified atom stereocenters. The Morgan fingerprint density at radius 3 is 1.53 bits per heavy atom. The minimum Gasteiger partial charge on any atom is -0.308 e. The average Bonchev–Trinajstić information content (AvgIpc) is 3.15. The zero-order valence-electron chi connectivity index (χ0n) is 27.3. The van der Waals surface area contributed by atoms with Gasteiger partial charge in [-0.15, -0.1) is 0 Å². The fourth-order valence-electron chi connectivity index (χ4n) is 7.03. The van der Waals surface area contributed by atoms with Crippen LogP contribution in [0.3, 0.4) is 0 Å². The van der Waals surface area contributed by atoms with Crippen LogP contribution in [-0.4, -0.2) is 8.07 Å². The van der Waals surface area contributed by atoms with Gasteiger partial charge in [-0.05, 0) is 81.2 Å². The van der Waals surface area contributed by atoms with Crippen molar-refractivity contribution in [1.29, 1.82) is 0 Å². The molecule has 7 aromatic rings. The van der Waals surface area contributed by atoms with Gasteiger partial charge in [0.1, 0.15) is 8.07 Å².